The molecule has 18 heavy (non-hydrogen) atoms. The number of thioether (sulfide) groups is 1. The van der Waals surface area contributed by atoms with E-state index in [2.05, 4.69) is 36.5 Å². The van der Waals surface area contributed by atoms with Crippen LogP contribution in [-0.2, 0) is 0 Å². The third kappa shape index (κ3) is 3.74. The van der Waals surface area contributed by atoms with E-state index >= 15 is 0 Å². The summed E-state index contributed by atoms with van der Waals surface area (Å²) in [4.78, 5) is 1.44. The summed E-state index contributed by atoms with van der Waals surface area (Å²) in [6.07, 6.45) is 3.47. The molecule has 2 unspecified atom stereocenters. The molecule has 0 radical (unpaired) electrons. The van der Waals surface area contributed by atoms with E-state index in [4.69, 9.17) is 5.11 Å². The summed E-state index contributed by atoms with van der Waals surface area (Å²) in [6.45, 7) is 3.46. The quantitative estimate of drug-likeness (QED) is 0.775. The molecule has 0 aromatic heterocycles. The topological polar surface area (TPSA) is 32.3 Å². The van der Waals surface area contributed by atoms with Crippen LogP contribution in [0.1, 0.15) is 37.8 Å². The van der Waals surface area contributed by atoms with E-state index in [1.54, 1.807) is 0 Å². The Hall–Kier alpha value is -0.510. The van der Waals surface area contributed by atoms with Gasteiger partial charge in [0, 0.05) is 17.5 Å². The highest BCUT2D eigenvalue weighted by atomic mass is 32.2. The Kier molecular flexibility index (Phi) is 5.54. The number of hydrogen-bond donors (Lipinski definition) is 2. The van der Waals surface area contributed by atoms with Gasteiger partial charge in [0.15, 0.2) is 0 Å². The molecule has 2 atom stereocenters. The Bertz CT molecular complexity index is 369. The zero-order chi connectivity index (χ0) is 12.8. The number of aliphatic hydroxyl groups excluding tert-OH is 1. The highest BCUT2D eigenvalue weighted by Crippen LogP contribution is 2.35. The van der Waals surface area contributed by atoms with Crippen molar-refractivity contribution in [3.8, 4) is 0 Å². The van der Waals surface area contributed by atoms with Crippen LogP contribution in [0.4, 0.5) is 0 Å². The third-order valence-electron chi connectivity index (χ3n) is 3.53. The molecule has 0 saturated carbocycles. The van der Waals surface area contributed by atoms with E-state index in [-0.39, 0.29) is 0 Å². The van der Waals surface area contributed by atoms with E-state index in [1.165, 1.54) is 22.6 Å². The predicted octanol–water partition coefficient (Wildman–Crippen LogP) is 3.22. The van der Waals surface area contributed by atoms with Gasteiger partial charge in [-0.25, -0.2) is 0 Å². The summed E-state index contributed by atoms with van der Waals surface area (Å²) < 4.78 is 0. The maximum atomic E-state index is 8.99. The van der Waals surface area contributed by atoms with Crippen LogP contribution in [0.3, 0.4) is 0 Å². The molecule has 2 N–H and O–H groups in total. The van der Waals surface area contributed by atoms with Crippen molar-refractivity contribution in [2.45, 2.75) is 37.1 Å². The summed E-state index contributed by atoms with van der Waals surface area (Å²) in [7, 11) is 0. The lowest BCUT2D eigenvalue weighted by Gasteiger charge is -2.26. The number of nitrogens with one attached hydrogen (secondary N) is 1. The lowest BCUT2D eigenvalue weighted by atomic mass is 10.0. The van der Waals surface area contributed by atoms with E-state index < -0.39 is 0 Å². The van der Waals surface area contributed by atoms with Crippen LogP contribution in [0.5, 0.6) is 0 Å². The monoisotopic (exact) mass is 265 g/mol. The lowest BCUT2D eigenvalue weighted by Crippen LogP contribution is -2.25. The standard InChI is InChI=1S/C15H23NOS/c1-12(11-17)5-4-9-16-14-8-10-18-15-7-3-2-6-13(14)15/h2-3,6-7,12,14,16-17H,4-5,8-11H2,1H3. The molecule has 0 fully saturated rings. The van der Waals surface area contributed by atoms with Crippen molar-refractivity contribution in [1.82, 2.24) is 5.32 Å². The molecule has 3 heteroatoms. The molecule has 1 aliphatic rings. The van der Waals surface area contributed by atoms with Crippen LogP contribution in [0, 0.1) is 5.92 Å². The van der Waals surface area contributed by atoms with Crippen molar-refractivity contribution in [2.24, 2.45) is 5.92 Å². The number of aliphatic hydroxyl groups is 1. The van der Waals surface area contributed by atoms with Crippen LogP contribution in [0.25, 0.3) is 0 Å². The maximum absolute atomic E-state index is 8.99. The Morgan fingerprint density at radius 2 is 2.28 bits per heavy atom. The van der Waals surface area contributed by atoms with Crippen LogP contribution >= 0.6 is 11.8 Å². The first-order valence-electron chi connectivity index (χ1n) is 6.87. The van der Waals surface area contributed by atoms with Crippen LogP contribution in [0.15, 0.2) is 29.2 Å². The van der Waals surface area contributed by atoms with Gasteiger partial charge in [-0.15, -0.1) is 11.8 Å². The second-order valence-corrected chi connectivity index (χ2v) is 6.25. The van der Waals surface area contributed by atoms with E-state index in [9.17, 15) is 0 Å². The SMILES string of the molecule is CC(CO)CCCNC1CCSc2ccccc21. The lowest BCUT2D eigenvalue weighted by molar-refractivity contribution is 0.227. The van der Waals surface area contributed by atoms with E-state index in [0.29, 0.717) is 18.6 Å². The molecule has 1 aromatic rings. The van der Waals surface area contributed by atoms with Crippen LogP contribution in [-0.4, -0.2) is 24.0 Å². The Labute approximate surface area is 114 Å². The van der Waals surface area contributed by atoms with Crippen molar-refractivity contribution < 1.29 is 5.11 Å². The van der Waals surface area contributed by atoms with Gasteiger partial charge < -0.3 is 10.4 Å². The van der Waals surface area contributed by atoms with Crippen molar-refractivity contribution in [3.63, 3.8) is 0 Å². The molecule has 2 nitrogen and oxygen atoms in total. The molecule has 0 amide bonds. The predicted molar refractivity (Wildman–Crippen MR) is 78.0 cm³/mol. The Morgan fingerprint density at radius 1 is 1.44 bits per heavy atom. The van der Waals surface area contributed by atoms with Crippen LogP contribution < -0.4 is 5.32 Å². The molecule has 0 spiro atoms. The molecular formula is C15H23NOS. The minimum absolute atomic E-state index is 0.308. The summed E-state index contributed by atoms with van der Waals surface area (Å²) in [6, 6.07) is 9.24. The second-order valence-electron chi connectivity index (χ2n) is 5.11. The van der Waals surface area contributed by atoms with Crippen molar-refractivity contribution in [2.75, 3.05) is 18.9 Å². The molecule has 1 aromatic carbocycles. The second kappa shape index (κ2) is 7.17. The van der Waals surface area contributed by atoms with Crippen molar-refractivity contribution in [1.29, 1.82) is 0 Å². The van der Waals surface area contributed by atoms with Gasteiger partial charge >= 0.3 is 0 Å². The number of hydrogen-bond acceptors (Lipinski definition) is 3. The van der Waals surface area contributed by atoms with Gasteiger partial charge in [-0.2, -0.15) is 0 Å². The van der Waals surface area contributed by atoms with Gasteiger partial charge in [-0.3, -0.25) is 0 Å². The third-order valence-corrected chi connectivity index (χ3v) is 4.66. The first kappa shape index (κ1) is 13.9. The number of rotatable bonds is 6. The minimum atomic E-state index is 0.308. The van der Waals surface area contributed by atoms with E-state index in [0.717, 1.165) is 19.4 Å². The number of benzene rings is 1. The minimum Gasteiger partial charge on any atom is -0.396 e. The fourth-order valence-electron chi connectivity index (χ4n) is 2.37. The van der Waals surface area contributed by atoms with Crippen molar-refractivity contribution >= 4 is 11.8 Å². The fourth-order valence-corrected chi connectivity index (χ4v) is 3.50. The van der Waals surface area contributed by atoms with Gasteiger partial charge in [0.25, 0.3) is 0 Å². The highest BCUT2D eigenvalue weighted by Gasteiger charge is 2.19. The van der Waals surface area contributed by atoms with Gasteiger partial charge in [0.05, 0.1) is 0 Å². The molecule has 2 rings (SSSR count). The Balaban J connectivity index is 1.81. The fraction of sp³-hybridized carbons (Fsp3) is 0.600. The molecule has 1 aliphatic heterocycles. The van der Waals surface area contributed by atoms with Gasteiger partial charge in [-0.1, -0.05) is 25.1 Å². The zero-order valence-electron chi connectivity index (χ0n) is 11.1. The van der Waals surface area contributed by atoms with Gasteiger partial charge in [0.2, 0.25) is 0 Å². The Morgan fingerprint density at radius 3 is 3.11 bits per heavy atom. The zero-order valence-corrected chi connectivity index (χ0v) is 11.9. The molecule has 100 valence electrons. The average Bonchev–Trinajstić information content (AvgIpc) is 2.43. The maximum Gasteiger partial charge on any atom is 0.0456 e. The number of fused-ring (bicyclic) bond motifs is 1. The van der Waals surface area contributed by atoms with Crippen LogP contribution in [0.2, 0.25) is 0 Å². The summed E-state index contributed by atoms with van der Waals surface area (Å²) in [5.41, 5.74) is 1.46. The van der Waals surface area contributed by atoms with Crippen molar-refractivity contribution in [3.05, 3.63) is 29.8 Å². The first-order valence-corrected chi connectivity index (χ1v) is 7.85. The average molecular weight is 265 g/mol. The first-order chi connectivity index (χ1) is 8.81. The molecule has 0 saturated heterocycles. The van der Waals surface area contributed by atoms with Gasteiger partial charge in [0.1, 0.15) is 0 Å². The normalized spacial score (nSPS) is 20.4. The summed E-state index contributed by atoms with van der Waals surface area (Å²) in [5.74, 6) is 1.64. The molecule has 0 bridgehead atoms. The summed E-state index contributed by atoms with van der Waals surface area (Å²) in [5, 5.41) is 12.7. The highest BCUT2D eigenvalue weighted by molar-refractivity contribution is 7.99. The summed E-state index contributed by atoms with van der Waals surface area (Å²) >= 11 is 1.97. The largest absolute Gasteiger partial charge is 0.396 e. The molecule has 0 aliphatic carbocycles. The van der Waals surface area contributed by atoms with Gasteiger partial charge in [-0.05, 0) is 49.1 Å². The van der Waals surface area contributed by atoms with E-state index in [1.807, 2.05) is 11.8 Å². The molecular weight excluding hydrogens is 242 g/mol. The molecule has 1 heterocycles. The smallest absolute Gasteiger partial charge is 0.0456 e.